The van der Waals surface area contributed by atoms with Crippen molar-refractivity contribution >= 4 is 17.4 Å². The molecule has 0 saturated heterocycles. The highest BCUT2D eigenvalue weighted by molar-refractivity contribution is 6.04. The highest BCUT2D eigenvalue weighted by atomic mass is 19.1. The molecule has 2 rings (SSSR count). The lowest BCUT2D eigenvalue weighted by molar-refractivity contribution is 0.102. The maximum absolute atomic E-state index is 12.8. The number of aromatic nitrogens is 1. The van der Waals surface area contributed by atoms with Gasteiger partial charge in [-0.1, -0.05) is 13.8 Å². The van der Waals surface area contributed by atoms with E-state index in [2.05, 4.69) is 29.5 Å². The highest BCUT2D eigenvalue weighted by Crippen LogP contribution is 2.12. The maximum atomic E-state index is 12.8. The Balaban J connectivity index is 1.90. The summed E-state index contributed by atoms with van der Waals surface area (Å²) in [6.07, 6.45) is 2.67. The first-order chi connectivity index (χ1) is 10.5. The van der Waals surface area contributed by atoms with Crippen molar-refractivity contribution in [3.8, 4) is 0 Å². The van der Waals surface area contributed by atoms with Crippen LogP contribution in [0.2, 0.25) is 0 Å². The lowest BCUT2D eigenvalue weighted by Gasteiger charge is -2.09. The van der Waals surface area contributed by atoms with Crippen LogP contribution in [0.25, 0.3) is 0 Å². The van der Waals surface area contributed by atoms with Crippen molar-refractivity contribution < 1.29 is 9.18 Å². The number of nitrogens with one attached hydrogen (secondary N) is 2. The van der Waals surface area contributed by atoms with Crippen LogP contribution in [0, 0.1) is 11.7 Å². The topological polar surface area (TPSA) is 54.0 Å². The summed E-state index contributed by atoms with van der Waals surface area (Å²) >= 11 is 0. The Kier molecular flexibility index (Phi) is 5.47. The van der Waals surface area contributed by atoms with E-state index in [9.17, 15) is 9.18 Å². The lowest BCUT2D eigenvalue weighted by atomic mass is 10.1. The van der Waals surface area contributed by atoms with Gasteiger partial charge in [-0.05, 0) is 48.7 Å². The van der Waals surface area contributed by atoms with Gasteiger partial charge >= 0.3 is 0 Å². The van der Waals surface area contributed by atoms with E-state index >= 15 is 0 Å². The van der Waals surface area contributed by atoms with Crippen molar-refractivity contribution in [2.24, 2.45) is 5.92 Å². The number of halogens is 1. The van der Waals surface area contributed by atoms with Gasteiger partial charge in [0.05, 0.1) is 11.9 Å². The first kappa shape index (κ1) is 15.9. The molecule has 1 heterocycles. The van der Waals surface area contributed by atoms with Gasteiger partial charge in [0, 0.05) is 12.1 Å². The molecule has 4 nitrogen and oxygen atoms in total. The molecule has 0 spiro atoms. The fraction of sp³-hybridized carbons (Fsp3) is 0.294. The van der Waals surface area contributed by atoms with Gasteiger partial charge in [0.1, 0.15) is 11.6 Å². The number of carbonyl (C=O) groups excluding carboxylic acids is 1. The van der Waals surface area contributed by atoms with E-state index in [1.807, 2.05) is 6.07 Å². The Hall–Kier alpha value is -2.43. The molecular weight excluding hydrogens is 281 g/mol. The molecule has 0 aliphatic rings. The summed E-state index contributed by atoms with van der Waals surface area (Å²) in [4.78, 5) is 16.2. The summed E-state index contributed by atoms with van der Waals surface area (Å²) in [5.41, 5.74) is 1.00. The number of benzene rings is 1. The van der Waals surface area contributed by atoms with Gasteiger partial charge in [0.15, 0.2) is 0 Å². The Morgan fingerprint density at radius 1 is 1.18 bits per heavy atom. The van der Waals surface area contributed by atoms with Crippen molar-refractivity contribution in [3.05, 3.63) is 54.0 Å². The number of nitrogens with zero attached hydrogens (tertiary/aromatic N) is 1. The van der Waals surface area contributed by atoms with Crippen molar-refractivity contribution in [1.82, 2.24) is 4.98 Å². The minimum atomic E-state index is -0.366. The summed E-state index contributed by atoms with van der Waals surface area (Å²) in [7, 11) is 0. The van der Waals surface area contributed by atoms with Crippen LogP contribution < -0.4 is 10.6 Å². The van der Waals surface area contributed by atoms with Crippen molar-refractivity contribution in [1.29, 1.82) is 0 Å². The summed E-state index contributed by atoms with van der Waals surface area (Å²) in [6.45, 7) is 5.21. The first-order valence-corrected chi connectivity index (χ1v) is 7.31. The van der Waals surface area contributed by atoms with Crippen LogP contribution in [0.15, 0.2) is 42.6 Å². The van der Waals surface area contributed by atoms with Crippen molar-refractivity contribution in [2.75, 3.05) is 17.2 Å². The number of carbonyl (C=O) groups is 1. The molecule has 0 unspecified atom stereocenters. The highest BCUT2D eigenvalue weighted by Gasteiger charge is 2.06. The third-order valence-electron chi connectivity index (χ3n) is 3.16. The molecule has 0 aliphatic carbocycles. The molecule has 0 aliphatic heterocycles. The third-order valence-corrected chi connectivity index (χ3v) is 3.16. The first-order valence-electron chi connectivity index (χ1n) is 7.31. The zero-order chi connectivity index (χ0) is 15.9. The van der Waals surface area contributed by atoms with Crippen molar-refractivity contribution in [3.63, 3.8) is 0 Å². The molecule has 0 bridgehead atoms. The van der Waals surface area contributed by atoms with E-state index in [0.29, 0.717) is 17.2 Å². The molecule has 0 radical (unpaired) electrons. The minimum Gasteiger partial charge on any atom is -0.370 e. The average molecular weight is 301 g/mol. The average Bonchev–Trinajstić information content (AvgIpc) is 2.49. The molecule has 5 heteroatoms. The second-order valence-corrected chi connectivity index (χ2v) is 5.50. The Labute approximate surface area is 129 Å². The number of pyridine rings is 1. The standard InChI is InChI=1S/C17H20FN3O/c1-12(2)9-10-19-16-8-7-15(11-20-16)21-17(22)13-3-5-14(18)6-4-13/h3-8,11-12H,9-10H2,1-2H3,(H,19,20)(H,21,22). The van der Waals surface area contributed by atoms with Gasteiger partial charge in [0.25, 0.3) is 5.91 Å². The second-order valence-electron chi connectivity index (χ2n) is 5.50. The summed E-state index contributed by atoms with van der Waals surface area (Å²) < 4.78 is 12.8. The summed E-state index contributed by atoms with van der Waals surface area (Å²) in [5.74, 6) is 0.763. The largest absolute Gasteiger partial charge is 0.370 e. The second kappa shape index (κ2) is 7.54. The van der Waals surface area contributed by atoms with E-state index < -0.39 is 0 Å². The summed E-state index contributed by atoms with van der Waals surface area (Å²) in [6, 6.07) is 9.01. The summed E-state index contributed by atoms with van der Waals surface area (Å²) in [5, 5.41) is 5.96. The van der Waals surface area contributed by atoms with Crippen LogP contribution in [-0.2, 0) is 0 Å². The van der Waals surface area contributed by atoms with Gasteiger partial charge in [-0.25, -0.2) is 9.37 Å². The molecule has 0 atom stereocenters. The Morgan fingerprint density at radius 2 is 1.91 bits per heavy atom. The Bertz CT molecular complexity index is 609. The van der Waals surface area contributed by atoms with Gasteiger partial charge < -0.3 is 10.6 Å². The SMILES string of the molecule is CC(C)CCNc1ccc(NC(=O)c2ccc(F)cc2)cn1. The van der Waals surface area contributed by atoms with Crippen LogP contribution in [0.5, 0.6) is 0 Å². The zero-order valence-electron chi connectivity index (χ0n) is 12.8. The molecular formula is C17H20FN3O. The van der Waals surface area contributed by atoms with Crippen LogP contribution in [-0.4, -0.2) is 17.4 Å². The lowest BCUT2D eigenvalue weighted by Crippen LogP contribution is -2.12. The monoisotopic (exact) mass is 301 g/mol. The van der Waals surface area contributed by atoms with E-state index in [0.717, 1.165) is 18.8 Å². The van der Waals surface area contributed by atoms with Crippen molar-refractivity contribution in [2.45, 2.75) is 20.3 Å². The molecule has 1 aromatic carbocycles. The Morgan fingerprint density at radius 3 is 2.50 bits per heavy atom. The minimum absolute atomic E-state index is 0.290. The number of hydrogen-bond acceptors (Lipinski definition) is 3. The molecule has 0 fully saturated rings. The van der Waals surface area contributed by atoms with Gasteiger partial charge in [-0.15, -0.1) is 0 Å². The zero-order valence-corrected chi connectivity index (χ0v) is 12.8. The van der Waals surface area contributed by atoms with E-state index in [1.165, 1.54) is 24.3 Å². The van der Waals surface area contributed by atoms with Crippen LogP contribution in [0.3, 0.4) is 0 Å². The van der Waals surface area contributed by atoms with Gasteiger partial charge in [-0.3, -0.25) is 4.79 Å². The van der Waals surface area contributed by atoms with Gasteiger partial charge in [0.2, 0.25) is 0 Å². The molecule has 116 valence electrons. The molecule has 2 aromatic rings. The quantitative estimate of drug-likeness (QED) is 0.850. The van der Waals surface area contributed by atoms with Crippen LogP contribution in [0.1, 0.15) is 30.6 Å². The van der Waals surface area contributed by atoms with Crippen LogP contribution >= 0.6 is 0 Å². The predicted molar refractivity (Wildman–Crippen MR) is 86.5 cm³/mol. The number of anilines is 2. The fourth-order valence-electron chi connectivity index (χ4n) is 1.87. The molecule has 0 saturated carbocycles. The molecule has 1 amide bonds. The molecule has 2 N–H and O–H groups in total. The maximum Gasteiger partial charge on any atom is 0.255 e. The molecule has 1 aromatic heterocycles. The van der Waals surface area contributed by atoms with Gasteiger partial charge in [-0.2, -0.15) is 0 Å². The molecule has 22 heavy (non-hydrogen) atoms. The predicted octanol–water partition coefficient (Wildman–Crippen LogP) is 3.93. The van der Waals surface area contributed by atoms with E-state index in [4.69, 9.17) is 0 Å². The number of rotatable bonds is 6. The van der Waals surface area contributed by atoms with E-state index in [-0.39, 0.29) is 11.7 Å². The van der Waals surface area contributed by atoms with E-state index in [1.54, 1.807) is 12.3 Å². The number of amides is 1. The smallest absolute Gasteiger partial charge is 0.255 e. The van der Waals surface area contributed by atoms with Crippen LogP contribution in [0.4, 0.5) is 15.9 Å². The number of hydrogen-bond donors (Lipinski definition) is 2. The fourth-order valence-corrected chi connectivity index (χ4v) is 1.87. The normalized spacial score (nSPS) is 10.5. The third kappa shape index (κ3) is 4.84.